The van der Waals surface area contributed by atoms with E-state index in [2.05, 4.69) is 20.3 Å². The molecule has 5 rings (SSSR count). The molecule has 1 unspecified atom stereocenters. The highest BCUT2D eigenvalue weighted by Gasteiger charge is 2.35. The number of benzene rings is 3. The van der Waals surface area contributed by atoms with Crippen molar-refractivity contribution in [3.63, 3.8) is 0 Å². The fraction of sp³-hybridized carbons (Fsp3) is 0.276. The molecule has 3 aromatic carbocycles. The van der Waals surface area contributed by atoms with Crippen LogP contribution in [0, 0.1) is 11.6 Å². The number of aromatic nitrogens is 3. The second-order valence-electron chi connectivity index (χ2n) is 9.66. The predicted molar refractivity (Wildman–Crippen MR) is 148 cm³/mol. The Kier molecular flexibility index (Phi) is 8.29. The van der Waals surface area contributed by atoms with Crippen molar-refractivity contribution >= 4 is 17.4 Å². The number of methoxy groups -OCH3 is 1. The van der Waals surface area contributed by atoms with Crippen LogP contribution in [0.1, 0.15) is 5.56 Å². The summed E-state index contributed by atoms with van der Waals surface area (Å²) in [5, 5.41) is 18.3. The number of ether oxygens (including phenoxy) is 2. The standard InChI is InChI=1S/C29H30F2N6O4/c1-40-24-7-3-22(4-8-24)34-28(38)36-14-12-35(13-15-36)23-5-9-25(10-6-23)41-18-29(39,17-37-20-32-19-33-37)26-11-2-21(30)16-27(26)31/h2-11,16,19-20,39H,12-15,17-18H2,1H3,(H,34,38). The molecule has 1 saturated heterocycles. The molecule has 2 heterocycles. The summed E-state index contributed by atoms with van der Waals surface area (Å²) in [4.78, 5) is 20.5. The van der Waals surface area contributed by atoms with Gasteiger partial charge in [-0.15, -0.1) is 0 Å². The maximum Gasteiger partial charge on any atom is 0.321 e. The molecule has 2 N–H and O–H groups in total. The van der Waals surface area contributed by atoms with Crippen molar-refractivity contribution in [2.45, 2.75) is 12.1 Å². The summed E-state index contributed by atoms with van der Waals surface area (Å²) in [5.41, 5.74) is -0.300. The second kappa shape index (κ2) is 12.2. The minimum atomic E-state index is -1.84. The highest BCUT2D eigenvalue weighted by atomic mass is 19.1. The van der Waals surface area contributed by atoms with Crippen molar-refractivity contribution in [3.8, 4) is 11.5 Å². The molecule has 0 bridgehead atoms. The maximum absolute atomic E-state index is 14.6. The first-order valence-corrected chi connectivity index (χ1v) is 13.0. The van der Waals surface area contributed by atoms with Crippen LogP contribution in [-0.4, -0.2) is 70.7 Å². The third kappa shape index (κ3) is 6.72. The second-order valence-corrected chi connectivity index (χ2v) is 9.66. The lowest BCUT2D eigenvalue weighted by atomic mass is 9.94. The predicted octanol–water partition coefficient (Wildman–Crippen LogP) is 3.89. The van der Waals surface area contributed by atoms with Crippen LogP contribution < -0.4 is 19.7 Å². The normalized spacial score (nSPS) is 14.8. The van der Waals surface area contributed by atoms with Gasteiger partial charge in [-0.2, -0.15) is 5.10 Å². The number of hydrogen-bond donors (Lipinski definition) is 2. The monoisotopic (exact) mass is 564 g/mol. The number of hydrogen-bond acceptors (Lipinski definition) is 7. The number of anilines is 2. The molecule has 1 aliphatic heterocycles. The van der Waals surface area contributed by atoms with Crippen LogP contribution in [-0.2, 0) is 12.1 Å². The first kappa shape index (κ1) is 27.8. The Labute approximate surface area is 235 Å². The summed E-state index contributed by atoms with van der Waals surface area (Å²) in [6, 6.07) is 17.3. The molecule has 0 spiro atoms. The number of nitrogens with zero attached hydrogens (tertiary/aromatic N) is 5. The van der Waals surface area contributed by atoms with E-state index in [1.165, 1.54) is 23.4 Å². The van der Waals surface area contributed by atoms with Gasteiger partial charge in [-0.3, -0.25) is 0 Å². The molecule has 10 nitrogen and oxygen atoms in total. The van der Waals surface area contributed by atoms with Gasteiger partial charge in [0.25, 0.3) is 0 Å². The smallest absolute Gasteiger partial charge is 0.321 e. The largest absolute Gasteiger partial charge is 0.497 e. The summed E-state index contributed by atoms with van der Waals surface area (Å²) >= 11 is 0. The van der Waals surface area contributed by atoms with Crippen molar-refractivity contribution in [2.75, 3.05) is 50.1 Å². The minimum Gasteiger partial charge on any atom is -0.497 e. The Morgan fingerprint density at radius 2 is 1.71 bits per heavy atom. The molecule has 41 heavy (non-hydrogen) atoms. The van der Waals surface area contributed by atoms with Crippen LogP contribution >= 0.6 is 0 Å². The average molecular weight is 565 g/mol. The molecule has 0 saturated carbocycles. The molecule has 1 fully saturated rings. The molecule has 12 heteroatoms. The number of amides is 2. The first-order chi connectivity index (χ1) is 19.8. The Morgan fingerprint density at radius 1 is 1.00 bits per heavy atom. The molecule has 4 aromatic rings. The molecular formula is C29H30F2N6O4. The van der Waals surface area contributed by atoms with Gasteiger partial charge < -0.3 is 29.7 Å². The fourth-order valence-corrected chi connectivity index (χ4v) is 4.66. The number of nitrogens with one attached hydrogen (secondary N) is 1. The van der Waals surface area contributed by atoms with Gasteiger partial charge >= 0.3 is 6.03 Å². The molecule has 1 atom stereocenters. The Bertz CT molecular complexity index is 1450. The van der Waals surface area contributed by atoms with Gasteiger partial charge in [0.15, 0.2) is 0 Å². The molecule has 214 valence electrons. The average Bonchev–Trinajstić information content (AvgIpc) is 3.49. The van der Waals surface area contributed by atoms with Crippen LogP contribution in [0.2, 0.25) is 0 Å². The first-order valence-electron chi connectivity index (χ1n) is 13.0. The third-order valence-electron chi connectivity index (χ3n) is 6.91. The van der Waals surface area contributed by atoms with Gasteiger partial charge in [0.05, 0.1) is 13.7 Å². The zero-order valence-electron chi connectivity index (χ0n) is 22.4. The van der Waals surface area contributed by atoms with E-state index in [0.29, 0.717) is 37.6 Å². The zero-order chi connectivity index (χ0) is 28.8. The van der Waals surface area contributed by atoms with Gasteiger partial charge in [0, 0.05) is 49.2 Å². The van der Waals surface area contributed by atoms with Gasteiger partial charge in [0.2, 0.25) is 0 Å². The molecule has 2 amide bonds. The summed E-state index contributed by atoms with van der Waals surface area (Å²) < 4.78 is 40.5. The van der Waals surface area contributed by atoms with E-state index in [4.69, 9.17) is 9.47 Å². The molecule has 1 aliphatic rings. The Morgan fingerprint density at radius 3 is 2.34 bits per heavy atom. The summed E-state index contributed by atoms with van der Waals surface area (Å²) in [7, 11) is 1.59. The number of carbonyl (C=O) groups excluding carboxylic acids is 1. The van der Waals surface area contributed by atoms with Crippen LogP contribution in [0.4, 0.5) is 25.0 Å². The van der Waals surface area contributed by atoms with Crippen molar-refractivity contribution in [2.24, 2.45) is 0 Å². The van der Waals surface area contributed by atoms with Gasteiger partial charge in [-0.25, -0.2) is 23.2 Å². The van der Waals surface area contributed by atoms with E-state index < -0.39 is 17.2 Å². The van der Waals surface area contributed by atoms with E-state index in [-0.39, 0.29) is 24.7 Å². The van der Waals surface area contributed by atoms with Gasteiger partial charge in [-0.05, 0) is 54.6 Å². The van der Waals surface area contributed by atoms with Crippen LogP contribution in [0.3, 0.4) is 0 Å². The summed E-state index contributed by atoms with van der Waals surface area (Å²) in [5.74, 6) is -0.448. The number of piperazine rings is 1. The topological polar surface area (TPSA) is 105 Å². The summed E-state index contributed by atoms with van der Waals surface area (Å²) in [6.07, 6.45) is 2.69. The highest BCUT2D eigenvalue weighted by molar-refractivity contribution is 5.89. The van der Waals surface area contributed by atoms with E-state index in [0.717, 1.165) is 23.6 Å². The number of rotatable bonds is 9. The molecular weight excluding hydrogens is 534 g/mol. The number of urea groups is 1. The van der Waals surface area contributed by atoms with Crippen LogP contribution in [0.25, 0.3) is 0 Å². The molecule has 0 radical (unpaired) electrons. The maximum atomic E-state index is 14.6. The minimum absolute atomic E-state index is 0.111. The van der Waals surface area contributed by atoms with Crippen molar-refractivity contribution in [1.82, 2.24) is 19.7 Å². The lowest BCUT2D eigenvalue weighted by Crippen LogP contribution is -2.50. The lowest BCUT2D eigenvalue weighted by molar-refractivity contribution is -0.0297. The van der Waals surface area contributed by atoms with E-state index >= 15 is 0 Å². The van der Waals surface area contributed by atoms with E-state index in [9.17, 15) is 18.7 Å². The molecule has 0 aliphatic carbocycles. The van der Waals surface area contributed by atoms with Gasteiger partial charge in [0.1, 0.15) is 48.0 Å². The summed E-state index contributed by atoms with van der Waals surface area (Å²) in [6.45, 7) is 1.95. The van der Waals surface area contributed by atoms with E-state index in [1.54, 1.807) is 48.4 Å². The Balaban J connectivity index is 1.17. The zero-order valence-corrected chi connectivity index (χ0v) is 22.4. The Hall–Kier alpha value is -4.71. The number of aliphatic hydroxyl groups is 1. The van der Waals surface area contributed by atoms with Crippen LogP contribution in [0.5, 0.6) is 11.5 Å². The third-order valence-corrected chi connectivity index (χ3v) is 6.91. The van der Waals surface area contributed by atoms with Crippen molar-refractivity contribution < 1.29 is 28.2 Å². The molecule has 1 aromatic heterocycles. The van der Waals surface area contributed by atoms with Crippen molar-refractivity contribution in [1.29, 1.82) is 0 Å². The number of halogens is 2. The van der Waals surface area contributed by atoms with Crippen molar-refractivity contribution in [3.05, 3.63) is 96.6 Å². The SMILES string of the molecule is COc1ccc(NC(=O)N2CCN(c3ccc(OCC(O)(Cn4cncn4)c4ccc(F)cc4F)cc3)CC2)cc1. The highest BCUT2D eigenvalue weighted by Crippen LogP contribution is 2.29. The quantitative estimate of drug-likeness (QED) is 0.318. The van der Waals surface area contributed by atoms with Crippen LogP contribution in [0.15, 0.2) is 79.4 Å². The van der Waals surface area contributed by atoms with E-state index in [1.807, 2.05) is 12.1 Å². The number of carbonyl (C=O) groups is 1. The van der Waals surface area contributed by atoms with Gasteiger partial charge in [-0.1, -0.05) is 6.07 Å². The fourth-order valence-electron chi connectivity index (χ4n) is 4.66. The lowest BCUT2D eigenvalue weighted by Gasteiger charge is -2.36.